The number of carbonyl (C=O) groups is 1. The van der Waals surface area contributed by atoms with Crippen LogP contribution in [0.25, 0.3) is 0 Å². The molecule has 0 bridgehead atoms. The summed E-state index contributed by atoms with van der Waals surface area (Å²) >= 11 is 0. The lowest BCUT2D eigenvalue weighted by Crippen LogP contribution is -2.50. The minimum absolute atomic E-state index is 0.0617. The number of nitrogens with zero attached hydrogens (tertiary/aromatic N) is 1. The Balaban J connectivity index is 1.80. The topological polar surface area (TPSA) is 67.2 Å². The summed E-state index contributed by atoms with van der Waals surface area (Å²) in [7, 11) is 0. The van der Waals surface area contributed by atoms with Gasteiger partial charge in [-0.05, 0) is 31.5 Å². The molecule has 0 saturated carbocycles. The number of hydrogen-bond acceptors (Lipinski definition) is 4. The van der Waals surface area contributed by atoms with Crippen LogP contribution in [0.5, 0.6) is 0 Å². The Labute approximate surface area is 123 Å². The summed E-state index contributed by atoms with van der Waals surface area (Å²) < 4.78 is 5.03. The zero-order chi connectivity index (χ0) is 14.5. The molecule has 2 heterocycles. The van der Waals surface area contributed by atoms with Crippen LogP contribution in [0.3, 0.4) is 0 Å². The maximum absolute atomic E-state index is 12.8. The zero-order valence-corrected chi connectivity index (χ0v) is 11.8. The Hall–Kier alpha value is -2.14. The van der Waals surface area contributed by atoms with Crippen molar-refractivity contribution in [2.45, 2.75) is 24.8 Å². The first-order chi connectivity index (χ1) is 10.3. The van der Waals surface area contributed by atoms with Gasteiger partial charge in [-0.1, -0.05) is 35.5 Å². The van der Waals surface area contributed by atoms with E-state index in [0.29, 0.717) is 12.3 Å². The minimum Gasteiger partial charge on any atom is -0.360 e. The Morgan fingerprint density at radius 3 is 2.67 bits per heavy atom. The summed E-state index contributed by atoms with van der Waals surface area (Å²) in [5, 5.41) is 9.97. The van der Waals surface area contributed by atoms with Crippen LogP contribution >= 0.6 is 0 Å². The monoisotopic (exact) mass is 285 g/mol. The van der Waals surface area contributed by atoms with Crippen LogP contribution in [0.2, 0.25) is 0 Å². The molecular weight excluding hydrogens is 266 g/mol. The van der Waals surface area contributed by atoms with Gasteiger partial charge in [0.1, 0.15) is 0 Å². The second kappa shape index (κ2) is 6.10. The van der Waals surface area contributed by atoms with E-state index in [2.05, 4.69) is 15.8 Å². The molecular formula is C16H19N3O2. The van der Waals surface area contributed by atoms with Gasteiger partial charge in [0.15, 0.2) is 5.76 Å². The molecule has 1 fully saturated rings. The molecule has 1 amide bonds. The Bertz CT molecular complexity index is 575. The Morgan fingerprint density at radius 1 is 1.24 bits per heavy atom. The van der Waals surface area contributed by atoms with Crippen LogP contribution in [0.1, 0.15) is 24.2 Å². The SMILES string of the molecule is O=C(NCc1ccno1)C1(c2ccccc2)CCNCC1. The number of hydrogen-bond donors (Lipinski definition) is 2. The smallest absolute Gasteiger partial charge is 0.231 e. The number of piperidine rings is 1. The Morgan fingerprint density at radius 2 is 2.00 bits per heavy atom. The fourth-order valence-corrected chi connectivity index (χ4v) is 2.93. The van der Waals surface area contributed by atoms with Gasteiger partial charge in [0.2, 0.25) is 5.91 Å². The van der Waals surface area contributed by atoms with Crippen molar-refractivity contribution in [2.24, 2.45) is 0 Å². The molecule has 0 radical (unpaired) electrons. The van der Waals surface area contributed by atoms with Gasteiger partial charge < -0.3 is 15.2 Å². The molecule has 0 unspecified atom stereocenters. The standard InChI is InChI=1S/C16H19N3O2/c20-15(18-12-14-6-9-19-21-14)16(7-10-17-11-8-16)13-4-2-1-3-5-13/h1-6,9,17H,7-8,10-12H2,(H,18,20). The summed E-state index contributed by atoms with van der Waals surface area (Å²) in [5.74, 6) is 0.729. The van der Waals surface area contributed by atoms with Crippen LogP contribution in [0.4, 0.5) is 0 Å². The second-order valence-corrected chi connectivity index (χ2v) is 5.36. The van der Waals surface area contributed by atoms with Crippen molar-refractivity contribution in [1.82, 2.24) is 15.8 Å². The molecule has 3 rings (SSSR count). The quantitative estimate of drug-likeness (QED) is 0.895. The summed E-state index contributed by atoms with van der Waals surface area (Å²) in [6.07, 6.45) is 3.19. The molecule has 2 N–H and O–H groups in total. The van der Waals surface area contributed by atoms with E-state index in [9.17, 15) is 4.79 Å². The van der Waals surface area contributed by atoms with Crippen LogP contribution in [0, 0.1) is 0 Å². The first-order valence-corrected chi connectivity index (χ1v) is 7.25. The van der Waals surface area contributed by atoms with Gasteiger partial charge in [-0.25, -0.2) is 0 Å². The van der Waals surface area contributed by atoms with E-state index in [-0.39, 0.29) is 5.91 Å². The Kier molecular flexibility index (Phi) is 4.01. The van der Waals surface area contributed by atoms with Crippen molar-refractivity contribution in [1.29, 1.82) is 0 Å². The van der Waals surface area contributed by atoms with Crippen molar-refractivity contribution < 1.29 is 9.32 Å². The molecule has 21 heavy (non-hydrogen) atoms. The average molecular weight is 285 g/mol. The molecule has 0 aliphatic carbocycles. The van der Waals surface area contributed by atoms with E-state index in [1.165, 1.54) is 0 Å². The number of amides is 1. The van der Waals surface area contributed by atoms with Gasteiger partial charge in [-0.2, -0.15) is 0 Å². The lowest BCUT2D eigenvalue weighted by Gasteiger charge is -2.36. The molecule has 5 heteroatoms. The van der Waals surface area contributed by atoms with E-state index >= 15 is 0 Å². The van der Waals surface area contributed by atoms with Gasteiger partial charge >= 0.3 is 0 Å². The van der Waals surface area contributed by atoms with E-state index < -0.39 is 5.41 Å². The molecule has 0 spiro atoms. The van der Waals surface area contributed by atoms with Gasteiger partial charge in [-0.3, -0.25) is 4.79 Å². The number of benzene rings is 1. The molecule has 0 atom stereocenters. The van der Waals surface area contributed by atoms with Crippen molar-refractivity contribution in [3.05, 3.63) is 53.9 Å². The van der Waals surface area contributed by atoms with Crippen LogP contribution in [-0.2, 0) is 16.8 Å². The van der Waals surface area contributed by atoms with Crippen molar-refractivity contribution in [2.75, 3.05) is 13.1 Å². The fraction of sp³-hybridized carbons (Fsp3) is 0.375. The average Bonchev–Trinajstić information content (AvgIpc) is 3.07. The summed E-state index contributed by atoms with van der Waals surface area (Å²) in [6.45, 7) is 2.08. The molecule has 1 saturated heterocycles. The largest absolute Gasteiger partial charge is 0.360 e. The van der Waals surface area contributed by atoms with Gasteiger partial charge in [0.25, 0.3) is 0 Å². The zero-order valence-electron chi connectivity index (χ0n) is 11.8. The van der Waals surface area contributed by atoms with Gasteiger partial charge in [0, 0.05) is 6.07 Å². The minimum atomic E-state index is -0.452. The van der Waals surface area contributed by atoms with Gasteiger partial charge in [-0.15, -0.1) is 0 Å². The van der Waals surface area contributed by atoms with Crippen molar-refractivity contribution in [3.8, 4) is 0 Å². The number of carbonyl (C=O) groups excluding carboxylic acids is 1. The third-order valence-corrected chi connectivity index (χ3v) is 4.13. The second-order valence-electron chi connectivity index (χ2n) is 5.36. The molecule has 1 aliphatic heterocycles. The molecule has 110 valence electrons. The van der Waals surface area contributed by atoms with Crippen molar-refractivity contribution >= 4 is 5.91 Å². The van der Waals surface area contributed by atoms with E-state index in [0.717, 1.165) is 31.5 Å². The lowest BCUT2D eigenvalue weighted by molar-refractivity contribution is -0.128. The maximum Gasteiger partial charge on any atom is 0.231 e. The van der Waals surface area contributed by atoms with Crippen LogP contribution in [-0.4, -0.2) is 24.2 Å². The third-order valence-electron chi connectivity index (χ3n) is 4.13. The molecule has 1 aromatic carbocycles. The number of aromatic nitrogens is 1. The van der Waals surface area contributed by atoms with E-state index in [1.807, 2.05) is 30.3 Å². The molecule has 1 aliphatic rings. The maximum atomic E-state index is 12.8. The normalized spacial score (nSPS) is 17.3. The highest BCUT2D eigenvalue weighted by atomic mass is 16.5. The van der Waals surface area contributed by atoms with E-state index in [1.54, 1.807) is 12.3 Å². The molecule has 2 aromatic rings. The number of nitrogens with one attached hydrogen (secondary N) is 2. The molecule has 1 aromatic heterocycles. The predicted molar refractivity (Wildman–Crippen MR) is 78.6 cm³/mol. The van der Waals surface area contributed by atoms with Crippen LogP contribution in [0.15, 0.2) is 47.1 Å². The summed E-state index contributed by atoms with van der Waals surface area (Å²) in [5.41, 5.74) is 0.633. The van der Waals surface area contributed by atoms with E-state index in [4.69, 9.17) is 4.52 Å². The first-order valence-electron chi connectivity index (χ1n) is 7.25. The first kappa shape index (κ1) is 13.8. The summed E-state index contributed by atoms with van der Waals surface area (Å²) in [6, 6.07) is 11.8. The summed E-state index contributed by atoms with van der Waals surface area (Å²) in [4.78, 5) is 12.8. The van der Waals surface area contributed by atoms with Crippen LogP contribution < -0.4 is 10.6 Å². The van der Waals surface area contributed by atoms with Crippen molar-refractivity contribution in [3.63, 3.8) is 0 Å². The highest BCUT2D eigenvalue weighted by molar-refractivity contribution is 5.88. The predicted octanol–water partition coefficient (Wildman–Crippen LogP) is 1.61. The highest BCUT2D eigenvalue weighted by Crippen LogP contribution is 2.33. The number of rotatable bonds is 4. The highest BCUT2D eigenvalue weighted by Gasteiger charge is 2.40. The third kappa shape index (κ3) is 2.83. The molecule has 5 nitrogen and oxygen atoms in total. The fourth-order valence-electron chi connectivity index (χ4n) is 2.93. The lowest BCUT2D eigenvalue weighted by atomic mass is 9.72. The van der Waals surface area contributed by atoms with Gasteiger partial charge in [0.05, 0.1) is 18.2 Å².